The summed E-state index contributed by atoms with van der Waals surface area (Å²) in [5, 5.41) is 8.75. The van der Waals surface area contributed by atoms with E-state index in [1.54, 1.807) is 24.0 Å². The van der Waals surface area contributed by atoms with Crippen LogP contribution in [0.5, 0.6) is 0 Å². The summed E-state index contributed by atoms with van der Waals surface area (Å²) in [6, 6.07) is 2.19. The molecule has 0 atom stereocenters. The number of fused-ring (bicyclic) bond motifs is 1. The minimum atomic E-state index is -0.0433. The molecule has 4 rings (SSSR count). The Morgan fingerprint density at radius 2 is 1.83 bits per heavy atom. The van der Waals surface area contributed by atoms with Crippen molar-refractivity contribution in [3.63, 3.8) is 0 Å². The van der Waals surface area contributed by atoms with Crippen molar-refractivity contribution < 1.29 is 0 Å². The average molecular weight is 312 g/mol. The van der Waals surface area contributed by atoms with Crippen molar-refractivity contribution in [2.45, 2.75) is 19.3 Å². The number of hydrogen-bond donors (Lipinski definition) is 0. The predicted octanol–water partition coefficient (Wildman–Crippen LogP) is 0.386. The van der Waals surface area contributed by atoms with E-state index in [1.165, 1.54) is 12.0 Å². The third-order valence-corrected chi connectivity index (χ3v) is 4.71. The van der Waals surface area contributed by atoms with Gasteiger partial charge in [-0.3, -0.25) is 4.79 Å². The maximum Gasteiger partial charge on any atom is 0.293 e. The summed E-state index contributed by atoms with van der Waals surface area (Å²) in [6.45, 7) is 3.19. The van der Waals surface area contributed by atoms with Crippen molar-refractivity contribution in [1.29, 1.82) is 0 Å². The van der Waals surface area contributed by atoms with Crippen molar-refractivity contribution in [3.05, 3.63) is 40.1 Å². The van der Waals surface area contributed by atoms with Gasteiger partial charge >= 0.3 is 0 Å². The average Bonchev–Trinajstić information content (AvgIpc) is 3.05. The van der Waals surface area contributed by atoms with Gasteiger partial charge in [0.1, 0.15) is 0 Å². The second-order valence-corrected chi connectivity index (χ2v) is 6.17. The quantitative estimate of drug-likeness (QED) is 0.799. The Morgan fingerprint density at radius 3 is 2.65 bits per heavy atom. The zero-order valence-electron chi connectivity index (χ0n) is 13.3. The molecule has 1 aliphatic carbocycles. The van der Waals surface area contributed by atoms with E-state index in [2.05, 4.69) is 31.0 Å². The third kappa shape index (κ3) is 2.56. The molecule has 0 saturated carbocycles. The molecule has 0 unspecified atom stereocenters. The molecule has 120 valence electrons. The van der Waals surface area contributed by atoms with Crippen LogP contribution >= 0.6 is 0 Å². The summed E-state index contributed by atoms with van der Waals surface area (Å²) in [5.74, 6) is 1.49. The van der Waals surface area contributed by atoms with Gasteiger partial charge in [-0.2, -0.15) is 5.10 Å². The SMILES string of the molecule is Cn1ccnc(N2CCN(c3cc4c(nn3)CCC4)CC2)c1=O. The predicted molar refractivity (Wildman–Crippen MR) is 88.0 cm³/mol. The van der Waals surface area contributed by atoms with Crippen molar-refractivity contribution in [2.75, 3.05) is 36.0 Å². The summed E-state index contributed by atoms with van der Waals surface area (Å²) < 4.78 is 1.57. The van der Waals surface area contributed by atoms with Crippen molar-refractivity contribution in [1.82, 2.24) is 19.7 Å². The molecule has 2 aromatic rings. The van der Waals surface area contributed by atoms with E-state index in [1.807, 2.05) is 0 Å². The fraction of sp³-hybridized carbons (Fsp3) is 0.500. The van der Waals surface area contributed by atoms with E-state index in [9.17, 15) is 4.79 Å². The summed E-state index contributed by atoms with van der Waals surface area (Å²) in [4.78, 5) is 20.7. The van der Waals surface area contributed by atoms with Gasteiger partial charge in [-0.1, -0.05) is 0 Å². The lowest BCUT2D eigenvalue weighted by atomic mass is 10.2. The standard InChI is InChI=1S/C16H20N6O/c1-20-6-5-17-15(16(20)23)22-9-7-21(8-10-22)14-11-12-3-2-4-13(12)18-19-14/h5-6,11H,2-4,7-10H2,1H3. The first kappa shape index (κ1) is 14.2. The van der Waals surface area contributed by atoms with E-state index in [0.717, 1.165) is 50.5 Å². The van der Waals surface area contributed by atoms with Crippen LogP contribution in [0.4, 0.5) is 11.6 Å². The van der Waals surface area contributed by atoms with Crippen LogP contribution < -0.4 is 15.4 Å². The van der Waals surface area contributed by atoms with Crippen molar-refractivity contribution >= 4 is 11.6 Å². The highest BCUT2D eigenvalue weighted by Crippen LogP contribution is 2.23. The molecule has 3 heterocycles. The summed E-state index contributed by atoms with van der Waals surface area (Å²) in [7, 11) is 1.75. The first-order chi connectivity index (χ1) is 11.2. The van der Waals surface area contributed by atoms with Gasteiger partial charge in [-0.15, -0.1) is 5.10 Å². The molecule has 7 heteroatoms. The van der Waals surface area contributed by atoms with Gasteiger partial charge in [0.15, 0.2) is 11.6 Å². The van der Waals surface area contributed by atoms with Crippen LogP contribution in [0.1, 0.15) is 17.7 Å². The summed E-state index contributed by atoms with van der Waals surface area (Å²) in [6.07, 6.45) is 6.71. The topological polar surface area (TPSA) is 67.2 Å². The zero-order chi connectivity index (χ0) is 15.8. The van der Waals surface area contributed by atoms with Crippen molar-refractivity contribution in [2.24, 2.45) is 7.05 Å². The number of aromatic nitrogens is 4. The Morgan fingerprint density at radius 1 is 1.04 bits per heavy atom. The van der Waals surface area contributed by atoms with Gasteiger partial charge in [0.25, 0.3) is 5.56 Å². The highest BCUT2D eigenvalue weighted by Gasteiger charge is 2.23. The first-order valence-electron chi connectivity index (χ1n) is 8.09. The molecule has 0 bridgehead atoms. The minimum Gasteiger partial charge on any atom is -0.352 e. The molecule has 0 amide bonds. The van der Waals surface area contributed by atoms with Crippen molar-refractivity contribution in [3.8, 4) is 0 Å². The molecule has 23 heavy (non-hydrogen) atoms. The van der Waals surface area contributed by atoms with Crippen LogP contribution in [0, 0.1) is 0 Å². The lowest BCUT2D eigenvalue weighted by molar-refractivity contribution is 0.630. The number of piperazine rings is 1. The molecule has 0 radical (unpaired) electrons. The minimum absolute atomic E-state index is 0.0433. The molecule has 1 saturated heterocycles. The third-order valence-electron chi connectivity index (χ3n) is 4.71. The Balaban J connectivity index is 1.49. The van der Waals surface area contributed by atoms with Gasteiger partial charge in [0.05, 0.1) is 5.69 Å². The lowest BCUT2D eigenvalue weighted by Crippen LogP contribution is -2.49. The maximum absolute atomic E-state index is 12.2. The Bertz CT molecular complexity index is 778. The Hall–Kier alpha value is -2.44. The summed E-state index contributed by atoms with van der Waals surface area (Å²) in [5.41, 5.74) is 2.46. The fourth-order valence-electron chi connectivity index (χ4n) is 3.32. The fourth-order valence-corrected chi connectivity index (χ4v) is 3.32. The second kappa shape index (κ2) is 5.64. The monoisotopic (exact) mass is 312 g/mol. The van der Waals surface area contributed by atoms with Crippen LogP contribution in [0.15, 0.2) is 23.3 Å². The largest absolute Gasteiger partial charge is 0.352 e. The van der Waals surface area contributed by atoms with Gasteiger partial charge in [0, 0.05) is 45.6 Å². The van der Waals surface area contributed by atoms with Gasteiger partial charge < -0.3 is 14.4 Å². The summed E-state index contributed by atoms with van der Waals surface area (Å²) >= 11 is 0. The lowest BCUT2D eigenvalue weighted by Gasteiger charge is -2.35. The molecule has 2 aliphatic rings. The normalized spacial score (nSPS) is 17.4. The van der Waals surface area contributed by atoms with Crippen LogP contribution in [-0.2, 0) is 19.9 Å². The van der Waals surface area contributed by atoms with Gasteiger partial charge in [-0.05, 0) is 30.9 Å². The first-order valence-corrected chi connectivity index (χ1v) is 8.09. The van der Waals surface area contributed by atoms with E-state index in [0.29, 0.717) is 5.82 Å². The molecular formula is C16H20N6O. The highest BCUT2D eigenvalue weighted by molar-refractivity contribution is 5.46. The molecule has 0 spiro atoms. The number of aryl methyl sites for hydroxylation is 3. The Labute approximate surface area is 134 Å². The zero-order valence-corrected chi connectivity index (χ0v) is 13.3. The molecule has 7 nitrogen and oxygen atoms in total. The van der Waals surface area contributed by atoms with E-state index >= 15 is 0 Å². The van der Waals surface area contributed by atoms with Crippen LogP contribution in [0.2, 0.25) is 0 Å². The number of rotatable bonds is 2. The van der Waals surface area contributed by atoms with E-state index in [4.69, 9.17) is 0 Å². The molecule has 1 aliphatic heterocycles. The van der Waals surface area contributed by atoms with Crippen LogP contribution in [0.25, 0.3) is 0 Å². The Kier molecular flexibility index (Phi) is 3.48. The molecule has 0 N–H and O–H groups in total. The number of anilines is 2. The molecule has 2 aromatic heterocycles. The molecule has 1 fully saturated rings. The maximum atomic E-state index is 12.2. The van der Waals surface area contributed by atoms with E-state index in [-0.39, 0.29) is 5.56 Å². The second-order valence-electron chi connectivity index (χ2n) is 6.17. The van der Waals surface area contributed by atoms with Gasteiger partial charge in [-0.25, -0.2) is 4.98 Å². The molecule has 0 aromatic carbocycles. The van der Waals surface area contributed by atoms with Crippen LogP contribution in [-0.4, -0.2) is 45.9 Å². The number of nitrogens with zero attached hydrogens (tertiary/aromatic N) is 6. The van der Waals surface area contributed by atoms with E-state index < -0.39 is 0 Å². The smallest absolute Gasteiger partial charge is 0.293 e. The van der Waals surface area contributed by atoms with Crippen LogP contribution in [0.3, 0.4) is 0 Å². The molecular weight excluding hydrogens is 292 g/mol. The number of hydrogen-bond acceptors (Lipinski definition) is 6. The van der Waals surface area contributed by atoms with Gasteiger partial charge in [0.2, 0.25) is 0 Å². The highest BCUT2D eigenvalue weighted by atomic mass is 16.1.